The van der Waals surface area contributed by atoms with Gasteiger partial charge in [0.2, 0.25) is 11.9 Å². The molecule has 3 heterocycles. The van der Waals surface area contributed by atoms with Crippen molar-refractivity contribution in [2.24, 2.45) is 5.10 Å². The molecular formula is C22H20N6O2S. The van der Waals surface area contributed by atoms with Crippen LogP contribution in [0.4, 0.5) is 10.8 Å². The topological polar surface area (TPSA) is 110 Å². The fourth-order valence-corrected chi connectivity index (χ4v) is 4.61. The van der Waals surface area contributed by atoms with E-state index in [4.69, 9.17) is 25.6 Å². The second kappa shape index (κ2) is 7.56. The number of rotatable bonds is 3. The highest BCUT2D eigenvalue weighted by molar-refractivity contribution is 7.15. The van der Waals surface area contributed by atoms with E-state index in [1.807, 2.05) is 42.3 Å². The predicted octanol–water partition coefficient (Wildman–Crippen LogP) is 3.43. The Hall–Kier alpha value is -3.64. The lowest BCUT2D eigenvalue weighted by atomic mass is 9.93. The maximum atomic E-state index is 8.99. The molecule has 2 aliphatic rings. The second-order valence-electron chi connectivity index (χ2n) is 7.59. The minimum Gasteiger partial charge on any atom is -0.454 e. The summed E-state index contributed by atoms with van der Waals surface area (Å²) in [5.41, 5.74) is 11.6. The fourth-order valence-electron chi connectivity index (χ4n) is 3.78. The van der Waals surface area contributed by atoms with Crippen LogP contribution in [0.25, 0.3) is 0 Å². The van der Waals surface area contributed by atoms with Gasteiger partial charge in [0.15, 0.2) is 11.5 Å². The molecule has 2 aromatic carbocycles. The standard InChI is InChI=1S/C22H20N6O2S/c1-12-7-14(3-4-17(12)24)21-16-10-19-18(29-11-30-19)9-15(16)8-13(2)28(27-21)22-26-25-20(31-22)5-6-23/h3-4,7,9-10,13H,5,8,11,24H2,1-2H3/t13-/m1/s1. The molecule has 5 rings (SSSR count). The molecule has 9 heteroatoms. The van der Waals surface area contributed by atoms with Gasteiger partial charge in [-0.25, -0.2) is 5.01 Å². The summed E-state index contributed by atoms with van der Waals surface area (Å²) < 4.78 is 11.3. The van der Waals surface area contributed by atoms with Crippen LogP contribution in [0.15, 0.2) is 35.4 Å². The molecule has 0 radical (unpaired) electrons. The van der Waals surface area contributed by atoms with Gasteiger partial charge in [-0.15, -0.1) is 10.2 Å². The molecule has 0 aliphatic carbocycles. The average molecular weight is 433 g/mol. The van der Waals surface area contributed by atoms with Gasteiger partial charge in [0, 0.05) is 16.8 Å². The number of benzene rings is 2. The van der Waals surface area contributed by atoms with Gasteiger partial charge in [0.1, 0.15) is 5.01 Å². The average Bonchev–Trinajstić information content (AvgIpc) is 3.37. The molecule has 0 bridgehead atoms. The number of hydrazone groups is 1. The molecule has 1 atom stereocenters. The van der Waals surface area contributed by atoms with E-state index in [0.29, 0.717) is 15.9 Å². The summed E-state index contributed by atoms with van der Waals surface area (Å²) in [6.07, 6.45) is 0.968. The van der Waals surface area contributed by atoms with Crippen LogP contribution in [0.3, 0.4) is 0 Å². The van der Waals surface area contributed by atoms with E-state index >= 15 is 0 Å². The third-order valence-electron chi connectivity index (χ3n) is 5.42. The molecule has 3 aromatic rings. The highest BCUT2D eigenvalue weighted by Crippen LogP contribution is 2.38. The van der Waals surface area contributed by atoms with Crippen molar-refractivity contribution in [3.63, 3.8) is 0 Å². The maximum absolute atomic E-state index is 8.99. The van der Waals surface area contributed by atoms with E-state index in [1.54, 1.807) is 0 Å². The van der Waals surface area contributed by atoms with Crippen LogP contribution in [-0.2, 0) is 12.8 Å². The fraction of sp³-hybridized carbons (Fsp3) is 0.273. The summed E-state index contributed by atoms with van der Waals surface area (Å²) in [6.45, 7) is 4.30. The predicted molar refractivity (Wildman–Crippen MR) is 119 cm³/mol. The molecule has 0 saturated heterocycles. The number of ether oxygens (including phenoxy) is 2. The Kier molecular flexibility index (Phi) is 4.71. The van der Waals surface area contributed by atoms with E-state index in [9.17, 15) is 0 Å². The van der Waals surface area contributed by atoms with Crippen molar-refractivity contribution in [1.29, 1.82) is 5.26 Å². The van der Waals surface area contributed by atoms with Gasteiger partial charge >= 0.3 is 0 Å². The Bertz CT molecular complexity index is 1250. The minimum atomic E-state index is 0.0226. The van der Waals surface area contributed by atoms with Crippen LogP contribution in [-0.4, -0.2) is 28.7 Å². The Labute approximate surface area is 183 Å². The number of nitriles is 1. The van der Waals surface area contributed by atoms with Crippen LogP contribution in [0.2, 0.25) is 0 Å². The molecule has 156 valence electrons. The SMILES string of the molecule is Cc1cc(C2=NN(c3nnc(CC#N)s3)[C@H](C)Cc3cc4c(cc32)OCO4)ccc1N. The van der Waals surface area contributed by atoms with E-state index in [-0.39, 0.29) is 19.3 Å². The number of nitrogen functional groups attached to an aromatic ring is 1. The van der Waals surface area contributed by atoms with Gasteiger partial charge in [-0.1, -0.05) is 17.4 Å². The highest BCUT2D eigenvalue weighted by atomic mass is 32.1. The zero-order valence-corrected chi connectivity index (χ0v) is 17.9. The number of aromatic nitrogens is 2. The third-order valence-corrected chi connectivity index (χ3v) is 6.33. The number of hydrogen-bond donors (Lipinski definition) is 1. The van der Waals surface area contributed by atoms with Crippen molar-refractivity contribution in [2.45, 2.75) is 32.7 Å². The van der Waals surface area contributed by atoms with Crippen molar-refractivity contribution < 1.29 is 9.47 Å². The first kappa shape index (κ1) is 19.3. The Morgan fingerprint density at radius 3 is 2.81 bits per heavy atom. The summed E-state index contributed by atoms with van der Waals surface area (Å²) in [6, 6.07) is 12.1. The van der Waals surface area contributed by atoms with Crippen LogP contribution in [0.5, 0.6) is 11.5 Å². The lowest BCUT2D eigenvalue weighted by Gasteiger charge is -2.22. The number of fused-ring (bicyclic) bond motifs is 2. The summed E-state index contributed by atoms with van der Waals surface area (Å²) in [7, 11) is 0. The number of nitrogens with two attached hydrogens (primary N) is 1. The number of anilines is 2. The molecule has 0 unspecified atom stereocenters. The summed E-state index contributed by atoms with van der Waals surface area (Å²) >= 11 is 1.39. The Balaban J connectivity index is 1.68. The van der Waals surface area contributed by atoms with E-state index < -0.39 is 0 Å². The van der Waals surface area contributed by atoms with Crippen molar-refractivity contribution in [3.05, 3.63) is 57.6 Å². The quantitative estimate of drug-likeness (QED) is 0.632. The second-order valence-corrected chi connectivity index (χ2v) is 8.63. The van der Waals surface area contributed by atoms with Crippen molar-refractivity contribution >= 4 is 27.9 Å². The summed E-state index contributed by atoms with van der Waals surface area (Å²) in [4.78, 5) is 0. The molecule has 0 spiro atoms. The maximum Gasteiger partial charge on any atom is 0.231 e. The van der Waals surface area contributed by atoms with E-state index in [2.05, 4.69) is 23.2 Å². The number of hydrogen-bond acceptors (Lipinski definition) is 9. The number of nitrogens with zero attached hydrogens (tertiary/aromatic N) is 5. The summed E-state index contributed by atoms with van der Waals surface area (Å²) in [5, 5.41) is 25.7. The van der Waals surface area contributed by atoms with Crippen molar-refractivity contribution in [1.82, 2.24) is 10.2 Å². The van der Waals surface area contributed by atoms with Crippen molar-refractivity contribution in [2.75, 3.05) is 17.5 Å². The van der Waals surface area contributed by atoms with Crippen LogP contribution >= 0.6 is 11.3 Å². The Morgan fingerprint density at radius 2 is 2.03 bits per heavy atom. The molecule has 2 aliphatic heterocycles. The molecule has 2 N–H and O–H groups in total. The van der Waals surface area contributed by atoms with Gasteiger partial charge in [0.25, 0.3) is 0 Å². The monoisotopic (exact) mass is 432 g/mol. The normalized spacial score (nSPS) is 17.0. The van der Waals surface area contributed by atoms with Crippen LogP contribution in [0.1, 0.15) is 34.2 Å². The van der Waals surface area contributed by atoms with Crippen molar-refractivity contribution in [3.8, 4) is 17.6 Å². The van der Waals surface area contributed by atoms with Gasteiger partial charge in [-0.3, -0.25) is 0 Å². The largest absolute Gasteiger partial charge is 0.454 e. The van der Waals surface area contributed by atoms with Gasteiger partial charge < -0.3 is 15.2 Å². The molecule has 0 saturated carbocycles. The molecule has 8 nitrogen and oxygen atoms in total. The first-order valence-electron chi connectivity index (χ1n) is 9.90. The smallest absolute Gasteiger partial charge is 0.231 e. The molecule has 0 amide bonds. The van der Waals surface area contributed by atoms with Gasteiger partial charge in [0.05, 0.1) is 24.2 Å². The molecule has 31 heavy (non-hydrogen) atoms. The Morgan fingerprint density at radius 1 is 1.23 bits per heavy atom. The summed E-state index contributed by atoms with van der Waals surface area (Å²) in [5.74, 6) is 1.46. The first-order chi connectivity index (χ1) is 15.0. The zero-order chi connectivity index (χ0) is 21.5. The minimum absolute atomic E-state index is 0.0226. The highest BCUT2D eigenvalue weighted by Gasteiger charge is 2.29. The first-order valence-corrected chi connectivity index (χ1v) is 10.7. The van der Waals surface area contributed by atoms with E-state index in [0.717, 1.165) is 45.8 Å². The lowest BCUT2D eigenvalue weighted by molar-refractivity contribution is 0.174. The van der Waals surface area contributed by atoms with Crippen LogP contribution in [0, 0.1) is 18.3 Å². The molecule has 0 fully saturated rings. The lowest BCUT2D eigenvalue weighted by Crippen LogP contribution is -2.29. The zero-order valence-electron chi connectivity index (χ0n) is 17.1. The number of aryl methyl sites for hydroxylation is 1. The molecule has 1 aromatic heterocycles. The van der Waals surface area contributed by atoms with Gasteiger partial charge in [-0.05, 0) is 55.7 Å². The van der Waals surface area contributed by atoms with Crippen LogP contribution < -0.4 is 20.2 Å². The molecular weight excluding hydrogens is 412 g/mol. The third kappa shape index (κ3) is 3.45. The van der Waals surface area contributed by atoms with E-state index in [1.165, 1.54) is 11.3 Å². The van der Waals surface area contributed by atoms with Gasteiger partial charge in [-0.2, -0.15) is 10.4 Å².